The van der Waals surface area contributed by atoms with Crippen molar-refractivity contribution in [2.75, 3.05) is 26.4 Å². The van der Waals surface area contributed by atoms with Gasteiger partial charge in [0.1, 0.15) is 12.4 Å². The van der Waals surface area contributed by atoms with Gasteiger partial charge in [0.2, 0.25) is 0 Å². The number of hydrogen-bond donors (Lipinski definition) is 1. The largest absolute Gasteiger partial charge is 0.491 e. The highest BCUT2D eigenvalue weighted by molar-refractivity contribution is 5.94. The Balaban J connectivity index is 2.36. The first-order chi connectivity index (χ1) is 9.27. The van der Waals surface area contributed by atoms with Crippen LogP contribution in [0.2, 0.25) is 0 Å². The third kappa shape index (κ3) is 6.25. The minimum absolute atomic E-state index is 0.0330. The van der Waals surface area contributed by atoms with Gasteiger partial charge in [0.05, 0.1) is 6.61 Å². The lowest BCUT2D eigenvalue weighted by molar-refractivity contribution is 0.0952. The molecule has 0 aromatic heterocycles. The maximum absolute atomic E-state index is 11.8. The molecule has 4 heteroatoms. The van der Waals surface area contributed by atoms with Crippen LogP contribution >= 0.6 is 0 Å². The molecule has 0 aliphatic rings. The molecule has 19 heavy (non-hydrogen) atoms. The lowest BCUT2D eigenvalue weighted by atomic mass is 10.2. The zero-order valence-electron chi connectivity index (χ0n) is 11.8. The van der Waals surface area contributed by atoms with E-state index < -0.39 is 0 Å². The van der Waals surface area contributed by atoms with Gasteiger partial charge in [-0.05, 0) is 37.6 Å². The second-order valence-electron chi connectivity index (χ2n) is 4.18. The van der Waals surface area contributed by atoms with Gasteiger partial charge in [0, 0.05) is 18.7 Å². The van der Waals surface area contributed by atoms with Gasteiger partial charge in [-0.25, -0.2) is 0 Å². The van der Waals surface area contributed by atoms with Crippen LogP contribution < -0.4 is 10.1 Å². The average Bonchev–Trinajstić information content (AvgIpc) is 2.44. The number of hydrogen-bond acceptors (Lipinski definition) is 3. The summed E-state index contributed by atoms with van der Waals surface area (Å²) in [4.78, 5) is 11.8. The van der Waals surface area contributed by atoms with Crippen LogP contribution in [-0.4, -0.2) is 32.3 Å². The molecule has 0 atom stereocenters. The van der Waals surface area contributed by atoms with Crippen LogP contribution in [0.3, 0.4) is 0 Å². The number of carbonyl (C=O) groups excluding carboxylic acids is 1. The minimum atomic E-state index is -0.0330. The molecule has 0 aliphatic carbocycles. The Kier molecular flexibility index (Phi) is 7.66. The van der Waals surface area contributed by atoms with Crippen LogP contribution in [0, 0.1) is 0 Å². The number of rotatable bonds is 9. The summed E-state index contributed by atoms with van der Waals surface area (Å²) in [6.07, 6.45) is 2.08. The SMILES string of the molecule is CCCCNC(=O)c1ccc(OCCOCC)cc1. The summed E-state index contributed by atoms with van der Waals surface area (Å²) in [7, 11) is 0. The summed E-state index contributed by atoms with van der Waals surface area (Å²) in [6, 6.07) is 7.16. The molecule has 1 aromatic carbocycles. The highest BCUT2D eigenvalue weighted by Gasteiger charge is 2.04. The van der Waals surface area contributed by atoms with Crippen molar-refractivity contribution in [3.8, 4) is 5.75 Å². The van der Waals surface area contributed by atoms with Gasteiger partial charge in [0.25, 0.3) is 5.91 Å². The van der Waals surface area contributed by atoms with Crippen molar-refractivity contribution in [3.05, 3.63) is 29.8 Å². The molecule has 1 N–H and O–H groups in total. The van der Waals surface area contributed by atoms with E-state index in [0.29, 0.717) is 25.4 Å². The van der Waals surface area contributed by atoms with Crippen LogP contribution in [0.4, 0.5) is 0 Å². The highest BCUT2D eigenvalue weighted by Crippen LogP contribution is 2.12. The second kappa shape index (κ2) is 9.39. The summed E-state index contributed by atoms with van der Waals surface area (Å²) in [5.41, 5.74) is 0.660. The summed E-state index contributed by atoms with van der Waals surface area (Å²) < 4.78 is 10.7. The maximum atomic E-state index is 11.8. The molecule has 1 amide bonds. The lowest BCUT2D eigenvalue weighted by Crippen LogP contribution is -2.24. The molecular formula is C15H23NO3. The van der Waals surface area contributed by atoms with Gasteiger partial charge in [-0.1, -0.05) is 13.3 Å². The van der Waals surface area contributed by atoms with E-state index in [-0.39, 0.29) is 5.91 Å². The molecule has 0 saturated heterocycles. The quantitative estimate of drug-likeness (QED) is 0.698. The third-order valence-corrected chi connectivity index (χ3v) is 2.63. The van der Waals surface area contributed by atoms with Crippen molar-refractivity contribution >= 4 is 5.91 Å². The summed E-state index contributed by atoms with van der Waals surface area (Å²) in [5, 5.41) is 2.88. The van der Waals surface area contributed by atoms with E-state index >= 15 is 0 Å². The number of unbranched alkanes of at least 4 members (excludes halogenated alkanes) is 1. The van der Waals surface area contributed by atoms with Gasteiger partial charge in [-0.15, -0.1) is 0 Å². The molecule has 0 aliphatic heterocycles. The molecule has 1 aromatic rings. The van der Waals surface area contributed by atoms with Gasteiger partial charge in [-0.2, -0.15) is 0 Å². The van der Waals surface area contributed by atoms with Gasteiger partial charge in [0.15, 0.2) is 0 Å². The standard InChI is InChI=1S/C15H23NO3/c1-3-5-10-16-15(17)13-6-8-14(9-7-13)19-12-11-18-4-2/h6-9H,3-5,10-12H2,1-2H3,(H,16,17). The van der Waals surface area contributed by atoms with Crippen molar-refractivity contribution in [2.24, 2.45) is 0 Å². The molecular weight excluding hydrogens is 242 g/mol. The first-order valence-electron chi connectivity index (χ1n) is 6.86. The molecule has 4 nitrogen and oxygen atoms in total. The Morgan fingerprint density at radius 2 is 1.89 bits per heavy atom. The van der Waals surface area contributed by atoms with Crippen LogP contribution in [0.1, 0.15) is 37.0 Å². The van der Waals surface area contributed by atoms with Crippen molar-refractivity contribution in [1.29, 1.82) is 0 Å². The summed E-state index contributed by atoms with van der Waals surface area (Å²) in [5.74, 6) is 0.721. The number of benzene rings is 1. The molecule has 0 fully saturated rings. The first kappa shape index (κ1) is 15.5. The molecule has 0 radical (unpaired) electrons. The first-order valence-corrected chi connectivity index (χ1v) is 6.86. The monoisotopic (exact) mass is 265 g/mol. The van der Waals surface area contributed by atoms with E-state index in [1.54, 1.807) is 24.3 Å². The topological polar surface area (TPSA) is 47.6 Å². The summed E-state index contributed by atoms with van der Waals surface area (Å²) in [6.45, 7) is 6.57. The zero-order chi connectivity index (χ0) is 13.9. The number of nitrogens with one attached hydrogen (secondary N) is 1. The fourth-order valence-corrected chi connectivity index (χ4v) is 1.55. The van der Waals surface area contributed by atoms with Gasteiger partial charge >= 0.3 is 0 Å². The number of amides is 1. The normalized spacial score (nSPS) is 10.2. The fraction of sp³-hybridized carbons (Fsp3) is 0.533. The van der Waals surface area contributed by atoms with Crippen molar-refractivity contribution in [3.63, 3.8) is 0 Å². The Hall–Kier alpha value is -1.55. The van der Waals surface area contributed by atoms with Crippen LogP contribution in [0.15, 0.2) is 24.3 Å². The average molecular weight is 265 g/mol. The van der Waals surface area contributed by atoms with E-state index in [2.05, 4.69) is 12.2 Å². The molecule has 0 spiro atoms. The maximum Gasteiger partial charge on any atom is 0.251 e. The van der Waals surface area contributed by atoms with E-state index in [1.807, 2.05) is 6.92 Å². The zero-order valence-corrected chi connectivity index (χ0v) is 11.8. The second-order valence-corrected chi connectivity index (χ2v) is 4.18. The molecule has 0 bridgehead atoms. The molecule has 0 heterocycles. The van der Waals surface area contributed by atoms with Crippen molar-refractivity contribution in [2.45, 2.75) is 26.7 Å². The number of carbonyl (C=O) groups is 1. The highest BCUT2D eigenvalue weighted by atomic mass is 16.5. The minimum Gasteiger partial charge on any atom is -0.491 e. The van der Waals surface area contributed by atoms with Gasteiger partial charge < -0.3 is 14.8 Å². The Morgan fingerprint density at radius 3 is 2.53 bits per heavy atom. The Labute approximate surface area is 115 Å². The Bertz CT molecular complexity index is 362. The molecule has 1 rings (SSSR count). The van der Waals surface area contributed by atoms with Crippen molar-refractivity contribution in [1.82, 2.24) is 5.32 Å². The third-order valence-electron chi connectivity index (χ3n) is 2.63. The molecule has 0 saturated carbocycles. The molecule has 106 valence electrons. The lowest BCUT2D eigenvalue weighted by Gasteiger charge is -2.07. The van der Waals surface area contributed by atoms with E-state index in [0.717, 1.165) is 25.1 Å². The number of ether oxygens (including phenoxy) is 2. The van der Waals surface area contributed by atoms with E-state index in [9.17, 15) is 4.79 Å². The fourth-order valence-electron chi connectivity index (χ4n) is 1.55. The smallest absolute Gasteiger partial charge is 0.251 e. The Morgan fingerprint density at radius 1 is 1.16 bits per heavy atom. The predicted octanol–water partition coefficient (Wildman–Crippen LogP) is 2.63. The van der Waals surface area contributed by atoms with Crippen molar-refractivity contribution < 1.29 is 14.3 Å². The summed E-state index contributed by atoms with van der Waals surface area (Å²) >= 11 is 0. The van der Waals surface area contributed by atoms with Crippen LogP contribution in [-0.2, 0) is 4.74 Å². The predicted molar refractivity (Wildman–Crippen MR) is 75.7 cm³/mol. The van der Waals surface area contributed by atoms with E-state index in [1.165, 1.54) is 0 Å². The molecule has 0 unspecified atom stereocenters. The van der Waals surface area contributed by atoms with Gasteiger partial charge in [-0.3, -0.25) is 4.79 Å². The van der Waals surface area contributed by atoms with Crippen LogP contribution in [0.25, 0.3) is 0 Å². The van der Waals surface area contributed by atoms with E-state index in [4.69, 9.17) is 9.47 Å². The van der Waals surface area contributed by atoms with Crippen LogP contribution in [0.5, 0.6) is 5.75 Å².